The average Bonchev–Trinajstić information content (AvgIpc) is 2.57. The first-order chi connectivity index (χ1) is 8.27. The van der Waals surface area contributed by atoms with Gasteiger partial charge in [0.15, 0.2) is 0 Å². The molecule has 0 radical (unpaired) electrons. The van der Waals surface area contributed by atoms with Crippen LogP contribution in [-0.2, 0) is 0 Å². The van der Waals surface area contributed by atoms with E-state index in [4.69, 9.17) is 0 Å². The monoisotopic (exact) mass is 221 g/mol. The Kier molecular flexibility index (Phi) is 1.35. The van der Waals surface area contributed by atoms with Crippen molar-refractivity contribution in [2.75, 3.05) is 0 Å². The highest BCUT2D eigenvalue weighted by Gasteiger charge is 2.35. The van der Waals surface area contributed by atoms with Crippen LogP contribution in [0.25, 0.3) is 22.3 Å². The Morgan fingerprint density at radius 3 is 2.18 bits per heavy atom. The molecule has 2 aromatic rings. The maximum Gasteiger partial charge on any atom is 0.259 e. The molecule has 2 aliphatic rings. The standard InChI is InChI=1S/C14H7NO2/c16-13-10-6-5-9-7-3-1-2-4-8(7)11(10)12(9)14(17)15-13/h1-6H,(H,15,16,17). The first-order valence-corrected chi connectivity index (χ1v) is 5.40. The molecule has 4 rings (SSSR count). The van der Waals surface area contributed by atoms with Gasteiger partial charge in [0, 0.05) is 11.1 Å². The van der Waals surface area contributed by atoms with Crippen molar-refractivity contribution in [3.63, 3.8) is 0 Å². The van der Waals surface area contributed by atoms with Crippen molar-refractivity contribution in [1.29, 1.82) is 0 Å². The highest BCUT2D eigenvalue weighted by atomic mass is 16.2. The summed E-state index contributed by atoms with van der Waals surface area (Å²) >= 11 is 0. The fourth-order valence-electron chi connectivity index (χ4n) is 2.70. The van der Waals surface area contributed by atoms with Gasteiger partial charge in [-0.1, -0.05) is 30.3 Å². The summed E-state index contributed by atoms with van der Waals surface area (Å²) < 4.78 is 0. The summed E-state index contributed by atoms with van der Waals surface area (Å²) in [5.74, 6) is -0.593. The molecule has 3 heteroatoms. The first kappa shape index (κ1) is 8.70. The third-order valence-electron chi connectivity index (χ3n) is 3.39. The SMILES string of the molecule is O=C1NC(=O)c2c3ccc1c2-c1ccccc1-3. The van der Waals surface area contributed by atoms with E-state index >= 15 is 0 Å². The van der Waals surface area contributed by atoms with Gasteiger partial charge in [-0.25, -0.2) is 0 Å². The summed E-state index contributed by atoms with van der Waals surface area (Å²) in [6.07, 6.45) is 0. The summed E-state index contributed by atoms with van der Waals surface area (Å²) in [4.78, 5) is 23.6. The number of fused-ring (bicyclic) bond motifs is 2. The molecular formula is C14H7NO2. The molecule has 1 aliphatic carbocycles. The minimum absolute atomic E-state index is 0.288. The number of nitrogens with one attached hydrogen (secondary N) is 1. The molecule has 0 saturated heterocycles. The zero-order valence-corrected chi connectivity index (χ0v) is 8.78. The van der Waals surface area contributed by atoms with Crippen molar-refractivity contribution < 1.29 is 9.59 Å². The average molecular weight is 221 g/mol. The number of benzene rings is 2. The Hall–Kier alpha value is -2.42. The molecule has 3 nitrogen and oxygen atoms in total. The van der Waals surface area contributed by atoms with E-state index in [1.807, 2.05) is 30.3 Å². The maximum absolute atomic E-state index is 11.9. The minimum Gasteiger partial charge on any atom is -0.288 e. The maximum atomic E-state index is 11.9. The van der Waals surface area contributed by atoms with Crippen LogP contribution in [0.3, 0.4) is 0 Å². The summed E-state index contributed by atoms with van der Waals surface area (Å²) in [5.41, 5.74) is 4.97. The number of carbonyl (C=O) groups excluding carboxylic acids is 2. The molecule has 2 amide bonds. The second-order valence-corrected chi connectivity index (χ2v) is 4.24. The third-order valence-corrected chi connectivity index (χ3v) is 3.39. The quantitative estimate of drug-likeness (QED) is 0.591. The van der Waals surface area contributed by atoms with Crippen LogP contribution in [0.1, 0.15) is 20.7 Å². The molecule has 1 N–H and O–H groups in total. The highest BCUT2D eigenvalue weighted by molar-refractivity contribution is 6.26. The van der Waals surface area contributed by atoms with Gasteiger partial charge < -0.3 is 0 Å². The molecule has 0 fully saturated rings. The van der Waals surface area contributed by atoms with Gasteiger partial charge in [0.1, 0.15) is 0 Å². The lowest BCUT2D eigenvalue weighted by Crippen LogP contribution is -2.35. The normalized spacial score (nSPS) is 14.6. The molecule has 80 valence electrons. The van der Waals surface area contributed by atoms with Gasteiger partial charge in [-0.2, -0.15) is 0 Å². The van der Waals surface area contributed by atoms with Crippen LogP contribution in [0.4, 0.5) is 0 Å². The predicted octanol–water partition coefficient (Wildman–Crippen LogP) is 2.22. The van der Waals surface area contributed by atoms with Crippen LogP contribution in [0.2, 0.25) is 0 Å². The largest absolute Gasteiger partial charge is 0.288 e. The summed E-state index contributed by atoms with van der Waals surface area (Å²) in [6, 6.07) is 11.4. The fourth-order valence-corrected chi connectivity index (χ4v) is 2.70. The van der Waals surface area contributed by atoms with Crippen LogP contribution in [-0.4, -0.2) is 11.8 Å². The molecule has 0 unspecified atom stereocenters. The molecule has 1 aliphatic heterocycles. The van der Waals surface area contributed by atoms with Gasteiger partial charge in [-0.05, 0) is 22.8 Å². The van der Waals surface area contributed by atoms with E-state index in [9.17, 15) is 9.59 Å². The molecule has 1 heterocycles. The van der Waals surface area contributed by atoms with Gasteiger partial charge in [-0.3, -0.25) is 14.9 Å². The molecule has 4 bridgehead atoms. The molecule has 17 heavy (non-hydrogen) atoms. The number of amides is 2. The lowest BCUT2D eigenvalue weighted by molar-refractivity contribution is 0.0843. The van der Waals surface area contributed by atoms with E-state index in [-0.39, 0.29) is 11.8 Å². The highest BCUT2D eigenvalue weighted by Crippen LogP contribution is 2.47. The van der Waals surface area contributed by atoms with E-state index in [2.05, 4.69) is 5.32 Å². The molecule has 0 aromatic heterocycles. The fraction of sp³-hybridized carbons (Fsp3) is 0. The topological polar surface area (TPSA) is 46.2 Å². The zero-order valence-electron chi connectivity index (χ0n) is 8.78. The number of hydrogen-bond donors (Lipinski definition) is 1. The third kappa shape index (κ3) is 0.877. The molecule has 2 aromatic carbocycles. The predicted molar refractivity (Wildman–Crippen MR) is 62.7 cm³/mol. The van der Waals surface area contributed by atoms with Crippen LogP contribution < -0.4 is 5.32 Å². The minimum atomic E-state index is -0.305. The van der Waals surface area contributed by atoms with Crippen LogP contribution >= 0.6 is 0 Å². The van der Waals surface area contributed by atoms with Crippen LogP contribution in [0, 0.1) is 0 Å². The second-order valence-electron chi connectivity index (χ2n) is 4.24. The van der Waals surface area contributed by atoms with E-state index in [1.165, 1.54) is 0 Å². The van der Waals surface area contributed by atoms with Gasteiger partial charge in [-0.15, -0.1) is 0 Å². The molecule has 0 saturated carbocycles. The van der Waals surface area contributed by atoms with Crippen molar-refractivity contribution in [2.24, 2.45) is 0 Å². The van der Waals surface area contributed by atoms with E-state index in [1.54, 1.807) is 6.07 Å². The Labute approximate surface area is 97.1 Å². The lowest BCUT2D eigenvalue weighted by atomic mass is 9.95. The van der Waals surface area contributed by atoms with E-state index in [0.717, 1.165) is 22.3 Å². The van der Waals surface area contributed by atoms with Crippen molar-refractivity contribution in [1.82, 2.24) is 5.32 Å². The van der Waals surface area contributed by atoms with Crippen molar-refractivity contribution in [3.05, 3.63) is 47.5 Å². The first-order valence-electron chi connectivity index (χ1n) is 5.40. The smallest absolute Gasteiger partial charge is 0.259 e. The van der Waals surface area contributed by atoms with E-state index in [0.29, 0.717) is 11.1 Å². The Bertz CT molecular complexity index is 716. The number of imide groups is 1. The molecular weight excluding hydrogens is 214 g/mol. The van der Waals surface area contributed by atoms with Gasteiger partial charge in [0.2, 0.25) is 0 Å². The summed E-state index contributed by atoms with van der Waals surface area (Å²) in [6.45, 7) is 0. The van der Waals surface area contributed by atoms with E-state index < -0.39 is 0 Å². The Morgan fingerprint density at radius 2 is 1.35 bits per heavy atom. The second kappa shape index (κ2) is 2.63. The van der Waals surface area contributed by atoms with Crippen molar-refractivity contribution >= 4 is 11.8 Å². The van der Waals surface area contributed by atoms with Gasteiger partial charge >= 0.3 is 0 Å². The van der Waals surface area contributed by atoms with Crippen LogP contribution in [0.5, 0.6) is 0 Å². The number of hydrogen-bond acceptors (Lipinski definition) is 2. The Morgan fingerprint density at radius 1 is 0.647 bits per heavy atom. The number of rotatable bonds is 0. The Balaban J connectivity index is 2.23. The van der Waals surface area contributed by atoms with Crippen molar-refractivity contribution in [2.45, 2.75) is 0 Å². The van der Waals surface area contributed by atoms with Crippen molar-refractivity contribution in [3.8, 4) is 22.3 Å². The summed E-state index contributed by atoms with van der Waals surface area (Å²) in [5, 5.41) is 2.37. The zero-order chi connectivity index (χ0) is 11.6. The van der Waals surface area contributed by atoms with Gasteiger partial charge in [0.25, 0.3) is 11.8 Å². The molecule has 0 atom stereocenters. The molecule has 0 spiro atoms. The summed E-state index contributed by atoms with van der Waals surface area (Å²) in [7, 11) is 0. The number of carbonyl (C=O) groups is 2. The lowest BCUT2D eigenvalue weighted by Gasteiger charge is -2.15. The van der Waals surface area contributed by atoms with Gasteiger partial charge in [0.05, 0.1) is 5.56 Å². The van der Waals surface area contributed by atoms with Crippen LogP contribution in [0.15, 0.2) is 36.4 Å².